The van der Waals surface area contributed by atoms with E-state index in [0.29, 0.717) is 17.0 Å². The first kappa shape index (κ1) is 20.0. The summed E-state index contributed by atoms with van der Waals surface area (Å²) < 4.78 is 20.2. The lowest BCUT2D eigenvalue weighted by molar-refractivity contribution is 0.0954. The predicted molar refractivity (Wildman–Crippen MR) is 111 cm³/mol. The van der Waals surface area contributed by atoms with Crippen molar-refractivity contribution in [3.05, 3.63) is 71.5 Å². The van der Waals surface area contributed by atoms with Crippen molar-refractivity contribution in [1.82, 2.24) is 10.3 Å². The number of nitrogens with one attached hydrogen (secondary N) is 1. The van der Waals surface area contributed by atoms with Crippen LogP contribution in [0.1, 0.15) is 40.9 Å². The maximum absolute atomic E-state index is 14.6. The first-order valence-corrected chi connectivity index (χ1v) is 10.1. The second-order valence-electron chi connectivity index (χ2n) is 6.41. The van der Waals surface area contributed by atoms with Crippen LogP contribution in [0.15, 0.2) is 55.3 Å². The molecule has 1 amide bonds. The van der Waals surface area contributed by atoms with Crippen molar-refractivity contribution in [2.45, 2.75) is 32.2 Å². The number of carbonyl (C=O) groups excluding carboxylic acids is 1. The maximum atomic E-state index is 14.6. The Morgan fingerprint density at radius 1 is 1.25 bits per heavy atom. The van der Waals surface area contributed by atoms with Gasteiger partial charge in [0, 0.05) is 23.7 Å². The minimum atomic E-state index is -0.424. The molecule has 3 rings (SSSR count). The minimum absolute atomic E-state index is 0.100. The number of unbranched alkanes of at least 4 members (excludes halogenated alkanes) is 3. The topological polar surface area (TPSA) is 51.2 Å². The number of allylic oxidation sites excluding steroid dienone is 1. The molecule has 2 aromatic heterocycles. The van der Waals surface area contributed by atoms with Crippen LogP contribution in [0.3, 0.4) is 0 Å². The molecular formula is C22H23FN2O2S. The zero-order valence-corrected chi connectivity index (χ0v) is 16.4. The Labute approximate surface area is 168 Å². The molecule has 146 valence electrons. The quantitative estimate of drug-likeness (QED) is 0.363. The molecule has 0 aliphatic heterocycles. The Kier molecular flexibility index (Phi) is 7.14. The van der Waals surface area contributed by atoms with E-state index in [9.17, 15) is 9.18 Å². The van der Waals surface area contributed by atoms with Crippen molar-refractivity contribution in [1.29, 1.82) is 0 Å². The number of aromatic nitrogens is 1. The molecule has 0 saturated carbocycles. The van der Waals surface area contributed by atoms with Gasteiger partial charge in [-0.2, -0.15) is 0 Å². The van der Waals surface area contributed by atoms with Gasteiger partial charge in [0.1, 0.15) is 4.83 Å². The van der Waals surface area contributed by atoms with Crippen molar-refractivity contribution < 1.29 is 13.9 Å². The molecule has 28 heavy (non-hydrogen) atoms. The second kappa shape index (κ2) is 9.99. The van der Waals surface area contributed by atoms with Gasteiger partial charge < -0.3 is 10.1 Å². The summed E-state index contributed by atoms with van der Waals surface area (Å²) in [5, 5.41) is 3.70. The standard InChI is InChI=1S/C22H23FN2O2S/c1-2-3-4-5-6-13-27-18-11-7-9-17(20(18)23)15-25-21(26)19-14-16-10-8-12-24-22(16)28-19/h2,7-12,14H,1,3-6,13,15H2,(H,25,26). The number of rotatable bonds is 10. The third-order valence-corrected chi connectivity index (χ3v) is 5.37. The zero-order valence-electron chi connectivity index (χ0n) is 15.6. The Morgan fingerprint density at radius 2 is 2.14 bits per heavy atom. The average Bonchev–Trinajstić information content (AvgIpc) is 3.15. The van der Waals surface area contributed by atoms with Gasteiger partial charge in [0.05, 0.1) is 11.5 Å². The molecule has 2 heterocycles. The number of hydrogen-bond acceptors (Lipinski definition) is 4. The predicted octanol–water partition coefficient (Wildman–Crippen LogP) is 5.49. The summed E-state index contributed by atoms with van der Waals surface area (Å²) >= 11 is 1.32. The Bertz CT molecular complexity index is 922. The van der Waals surface area contributed by atoms with Crippen molar-refractivity contribution in [2.24, 2.45) is 0 Å². The van der Waals surface area contributed by atoms with Gasteiger partial charge in [0.25, 0.3) is 5.91 Å². The van der Waals surface area contributed by atoms with Crippen LogP contribution in [0.5, 0.6) is 5.75 Å². The summed E-state index contributed by atoms with van der Waals surface area (Å²) in [7, 11) is 0. The normalized spacial score (nSPS) is 10.8. The van der Waals surface area contributed by atoms with E-state index in [4.69, 9.17) is 4.74 Å². The minimum Gasteiger partial charge on any atom is -0.491 e. The van der Waals surface area contributed by atoms with Gasteiger partial charge in [-0.05, 0) is 43.9 Å². The maximum Gasteiger partial charge on any atom is 0.261 e. The van der Waals surface area contributed by atoms with Crippen LogP contribution in [0, 0.1) is 5.82 Å². The van der Waals surface area contributed by atoms with Gasteiger partial charge >= 0.3 is 0 Å². The third kappa shape index (κ3) is 5.16. The van der Waals surface area contributed by atoms with Crippen molar-refractivity contribution in [2.75, 3.05) is 6.61 Å². The van der Waals surface area contributed by atoms with Crippen molar-refractivity contribution in [3.8, 4) is 5.75 Å². The van der Waals surface area contributed by atoms with Crippen molar-refractivity contribution in [3.63, 3.8) is 0 Å². The van der Waals surface area contributed by atoms with E-state index in [0.717, 1.165) is 35.9 Å². The first-order chi connectivity index (χ1) is 13.7. The van der Waals surface area contributed by atoms with Gasteiger partial charge in [-0.25, -0.2) is 9.37 Å². The van der Waals surface area contributed by atoms with Crippen LogP contribution in [0.4, 0.5) is 4.39 Å². The van der Waals surface area contributed by atoms with Crippen LogP contribution < -0.4 is 10.1 Å². The molecule has 0 radical (unpaired) electrons. The average molecular weight is 399 g/mol. The largest absolute Gasteiger partial charge is 0.491 e. The lowest BCUT2D eigenvalue weighted by atomic mass is 10.2. The SMILES string of the molecule is C=CCCCCCOc1cccc(CNC(=O)c2cc3cccnc3s2)c1F. The number of hydrogen-bond donors (Lipinski definition) is 1. The summed E-state index contributed by atoms with van der Waals surface area (Å²) in [5.74, 6) is -0.440. The zero-order chi connectivity index (χ0) is 19.8. The van der Waals surface area contributed by atoms with E-state index in [1.54, 1.807) is 30.5 Å². The highest BCUT2D eigenvalue weighted by molar-refractivity contribution is 7.20. The Balaban J connectivity index is 1.55. The van der Waals surface area contributed by atoms with E-state index in [1.165, 1.54) is 11.3 Å². The summed E-state index contributed by atoms with van der Waals surface area (Å²) in [6, 6.07) is 10.5. The molecule has 0 aliphatic rings. The van der Waals surface area contributed by atoms with Crippen LogP contribution in [-0.4, -0.2) is 17.5 Å². The van der Waals surface area contributed by atoms with Gasteiger partial charge in [-0.1, -0.05) is 24.3 Å². The molecule has 6 heteroatoms. The fourth-order valence-electron chi connectivity index (χ4n) is 2.80. The summed E-state index contributed by atoms with van der Waals surface area (Å²) in [6.07, 6.45) is 7.53. The summed E-state index contributed by atoms with van der Waals surface area (Å²) in [4.78, 5) is 18.0. The van der Waals surface area contributed by atoms with Crippen LogP contribution in [0.2, 0.25) is 0 Å². The van der Waals surface area contributed by atoms with E-state index in [2.05, 4.69) is 16.9 Å². The number of fused-ring (bicyclic) bond motifs is 1. The lowest BCUT2D eigenvalue weighted by Crippen LogP contribution is -2.22. The fourth-order valence-corrected chi connectivity index (χ4v) is 3.72. The van der Waals surface area contributed by atoms with Gasteiger partial charge in [-0.3, -0.25) is 4.79 Å². The van der Waals surface area contributed by atoms with Crippen LogP contribution in [-0.2, 0) is 6.54 Å². The molecule has 0 unspecified atom stereocenters. The molecule has 4 nitrogen and oxygen atoms in total. The fraction of sp³-hybridized carbons (Fsp3) is 0.273. The second-order valence-corrected chi connectivity index (χ2v) is 7.44. The number of thiophene rings is 1. The molecular weight excluding hydrogens is 375 g/mol. The number of ether oxygens (including phenoxy) is 1. The smallest absolute Gasteiger partial charge is 0.261 e. The van der Waals surface area contributed by atoms with E-state index in [-0.39, 0.29) is 18.2 Å². The molecule has 1 aromatic carbocycles. The Hall–Kier alpha value is -2.73. The molecule has 0 aliphatic carbocycles. The highest BCUT2D eigenvalue weighted by atomic mass is 32.1. The molecule has 0 saturated heterocycles. The number of amides is 1. The molecule has 3 aromatic rings. The van der Waals surface area contributed by atoms with E-state index < -0.39 is 5.82 Å². The molecule has 0 atom stereocenters. The lowest BCUT2D eigenvalue weighted by Gasteiger charge is -2.11. The number of pyridine rings is 1. The number of benzene rings is 1. The van der Waals surface area contributed by atoms with Crippen LogP contribution in [0.25, 0.3) is 10.2 Å². The third-order valence-electron chi connectivity index (χ3n) is 4.31. The first-order valence-electron chi connectivity index (χ1n) is 9.33. The summed E-state index contributed by atoms with van der Waals surface area (Å²) in [5.41, 5.74) is 0.400. The van der Waals surface area contributed by atoms with Crippen LogP contribution >= 0.6 is 11.3 Å². The summed E-state index contributed by atoms with van der Waals surface area (Å²) in [6.45, 7) is 4.27. The Morgan fingerprint density at radius 3 is 2.96 bits per heavy atom. The van der Waals surface area contributed by atoms with Gasteiger partial charge in [-0.15, -0.1) is 17.9 Å². The highest BCUT2D eigenvalue weighted by Crippen LogP contribution is 2.24. The van der Waals surface area contributed by atoms with Crippen molar-refractivity contribution >= 4 is 27.5 Å². The van der Waals surface area contributed by atoms with Gasteiger partial charge in [0.15, 0.2) is 11.6 Å². The van der Waals surface area contributed by atoms with E-state index >= 15 is 0 Å². The van der Waals surface area contributed by atoms with Gasteiger partial charge in [0.2, 0.25) is 0 Å². The monoisotopic (exact) mass is 398 g/mol. The number of nitrogens with zero attached hydrogens (tertiary/aromatic N) is 1. The molecule has 0 bridgehead atoms. The van der Waals surface area contributed by atoms with E-state index in [1.807, 2.05) is 18.2 Å². The number of halogens is 1. The molecule has 1 N–H and O–H groups in total. The molecule has 0 fully saturated rings. The molecule has 0 spiro atoms. The number of carbonyl (C=O) groups is 1. The highest BCUT2D eigenvalue weighted by Gasteiger charge is 2.13.